The molecule has 0 atom stereocenters. The lowest BCUT2D eigenvalue weighted by Gasteiger charge is -2.13. The molecule has 1 aliphatic heterocycles. The number of carbonyl (C=O) groups excluding carboxylic acids is 1. The van der Waals surface area contributed by atoms with Crippen LogP contribution in [0.2, 0.25) is 5.02 Å². The van der Waals surface area contributed by atoms with Gasteiger partial charge >= 0.3 is 0 Å². The van der Waals surface area contributed by atoms with Crippen LogP contribution < -0.4 is 10.6 Å². The Morgan fingerprint density at radius 1 is 1.41 bits per heavy atom. The van der Waals surface area contributed by atoms with Gasteiger partial charge < -0.3 is 15.5 Å². The highest BCUT2D eigenvalue weighted by molar-refractivity contribution is 6.33. The number of nitrogens with zero attached hydrogens (tertiary/aromatic N) is 3. The molecule has 1 aliphatic rings. The van der Waals surface area contributed by atoms with Gasteiger partial charge in [0.05, 0.1) is 17.4 Å². The smallest absolute Gasteiger partial charge is 0.256 e. The molecule has 0 saturated carbocycles. The Labute approximate surface area is 133 Å². The largest absolute Gasteiger partial charge is 0.357 e. The first-order valence-electron chi connectivity index (χ1n) is 7.02. The van der Waals surface area contributed by atoms with Gasteiger partial charge in [0.2, 0.25) is 5.95 Å². The number of amides is 1. The van der Waals surface area contributed by atoms with Crippen LogP contribution in [0.15, 0.2) is 24.4 Å². The normalized spacial score (nSPS) is 13.2. The molecule has 1 aromatic heterocycles. The Morgan fingerprint density at radius 2 is 2.23 bits per heavy atom. The fraction of sp³-hybridized carbons (Fsp3) is 0.267. The summed E-state index contributed by atoms with van der Waals surface area (Å²) < 4.78 is 0. The van der Waals surface area contributed by atoms with Gasteiger partial charge in [-0.25, -0.2) is 4.98 Å². The molecule has 0 saturated heterocycles. The first kappa shape index (κ1) is 14.6. The molecule has 2 heterocycles. The molecule has 0 aliphatic carbocycles. The summed E-state index contributed by atoms with van der Waals surface area (Å²) in [7, 11) is 1.73. The van der Waals surface area contributed by atoms with Crippen molar-refractivity contribution in [2.75, 3.05) is 24.2 Å². The van der Waals surface area contributed by atoms with Gasteiger partial charge in [0.1, 0.15) is 5.02 Å². The minimum atomic E-state index is 0.0274. The summed E-state index contributed by atoms with van der Waals surface area (Å²) in [6, 6.07) is 5.74. The first-order valence-corrected chi connectivity index (χ1v) is 7.40. The molecule has 6 nitrogen and oxygen atoms in total. The first-order chi connectivity index (χ1) is 10.6. The minimum absolute atomic E-state index is 0.0274. The van der Waals surface area contributed by atoms with Crippen LogP contribution in [0.5, 0.6) is 0 Å². The maximum Gasteiger partial charge on any atom is 0.256 e. The molecular formula is C15H16ClN5O. The SMILES string of the molecule is CCN1Cc2cccc(Nc3nc(NC)ncc3Cl)c2C1=O. The number of hydrogen-bond donors (Lipinski definition) is 2. The highest BCUT2D eigenvalue weighted by Gasteiger charge is 2.29. The lowest BCUT2D eigenvalue weighted by atomic mass is 10.1. The average molecular weight is 318 g/mol. The van der Waals surface area contributed by atoms with Crippen LogP contribution in [0.4, 0.5) is 17.5 Å². The van der Waals surface area contributed by atoms with Crippen LogP contribution >= 0.6 is 11.6 Å². The zero-order valence-corrected chi connectivity index (χ0v) is 13.1. The number of halogens is 1. The van der Waals surface area contributed by atoms with Gasteiger partial charge in [0, 0.05) is 20.1 Å². The van der Waals surface area contributed by atoms with Gasteiger partial charge in [-0.1, -0.05) is 23.7 Å². The highest BCUT2D eigenvalue weighted by Crippen LogP contribution is 2.32. The fourth-order valence-corrected chi connectivity index (χ4v) is 2.62. The predicted molar refractivity (Wildman–Crippen MR) is 86.7 cm³/mol. The van der Waals surface area contributed by atoms with E-state index >= 15 is 0 Å². The second kappa shape index (κ2) is 5.81. The zero-order chi connectivity index (χ0) is 15.7. The molecule has 7 heteroatoms. The molecule has 22 heavy (non-hydrogen) atoms. The molecule has 0 bridgehead atoms. The van der Waals surface area contributed by atoms with E-state index in [4.69, 9.17) is 11.6 Å². The summed E-state index contributed by atoms with van der Waals surface area (Å²) >= 11 is 6.14. The highest BCUT2D eigenvalue weighted by atomic mass is 35.5. The maximum atomic E-state index is 12.5. The van der Waals surface area contributed by atoms with Gasteiger partial charge in [0.15, 0.2) is 5.82 Å². The molecule has 1 aromatic carbocycles. The number of rotatable bonds is 4. The average Bonchev–Trinajstić information content (AvgIpc) is 2.87. The van der Waals surface area contributed by atoms with Crippen molar-refractivity contribution in [1.29, 1.82) is 0 Å². The molecule has 3 rings (SSSR count). The van der Waals surface area contributed by atoms with Crippen LogP contribution in [-0.2, 0) is 6.54 Å². The van der Waals surface area contributed by atoms with Crippen molar-refractivity contribution in [3.05, 3.63) is 40.5 Å². The third-order valence-electron chi connectivity index (χ3n) is 3.62. The molecule has 0 fully saturated rings. The lowest BCUT2D eigenvalue weighted by Crippen LogP contribution is -2.23. The Kier molecular flexibility index (Phi) is 3.85. The van der Waals surface area contributed by atoms with Gasteiger partial charge in [0.25, 0.3) is 5.91 Å². The molecule has 2 aromatic rings. The van der Waals surface area contributed by atoms with Crippen LogP contribution in [0.3, 0.4) is 0 Å². The minimum Gasteiger partial charge on any atom is -0.357 e. The van der Waals surface area contributed by atoms with E-state index in [-0.39, 0.29) is 5.91 Å². The van der Waals surface area contributed by atoms with Gasteiger partial charge in [-0.2, -0.15) is 4.98 Å². The van der Waals surface area contributed by atoms with Gasteiger partial charge in [-0.3, -0.25) is 4.79 Å². The monoisotopic (exact) mass is 317 g/mol. The third-order valence-corrected chi connectivity index (χ3v) is 3.89. The van der Waals surface area contributed by atoms with Crippen molar-refractivity contribution >= 4 is 35.0 Å². The standard InChI is InChI=1S/C15H16ClN5O/c1-3-21-8-9-5-4-6-11(12(9)14(21)22)19-13-10(16)7-18-15(17-2)20-13/h4-7H,3,8H2,1-2H3,(H2,17,18,19,20). The third kappa shape index (κ3) is 2.46. The molecule has 0 unspecified atom stereocenters. The Morgan fingerprint density at radius 3 is 2.95 bits per heavy atom. The Bertz CT molecular complexity index is 734. The molecule has 1 amide bonds. The lowest BCUT2D eigenvalue weighted by molar-refractivity contribution is 0.0788. The summed E-state index contributed by atoms with van der Waals surface area (Å²) in [5, 5.41) is 6.41. The fourth-order valence-electron chi connectivity index (χ4n) is 2.48. The van der Waals surface area contributed by atoms with E-state index in [0.29, 0.717) is 41.1 Å². The van der Waals surface area contributed by atoms with Crippen molar-refractivity contribution in [3.8, 4) is 0 Å². The van der Waals surface area contributed by atoms with E-state index in [2.05, 4.69) is 20.6 Å². The molecule has 0 radical (unpaired) electrons. The quantitative estimate of drug-likeness (QED) is 0.907. The number of anilines is 3. The topological polar surface area (TPSA) is 70.2 Å². The van der Waals surface area contributed by atoms with E-state index < -0.39 is 0 Å². The predicted octanol–water partition coefficient (Wildman–Crippen LogP) is 2.89. The van der Waals surface area contributed by atoms with E-state index in [1.54, 1.807) is 11.9 Å². The Balaban J connectivity index is 1.99. The van der Waals surface area contributed by atoms with Crippen LogP contribution in [0, 0.1) is 0 Å². The van der Waals surface area contributed by atoms with Crippen LogP contribution in [0.1, 0.15) is 22.8 Å². The second-order valence-corrected chi connectivity index (χ2v) is 5.33. The van der Waals surface area contributed by atoms with Crippen LogP contribution in [-0.4, -0.2) is 34.4 Å². The van der Waals surface area contributed by atoms with Crippen molar-refractivity contribution < 1.29 is 4.79 Å². The van der Waals surface area contributed by atoms with Crippen molar-refractivity contribution in [2.45, 2.75) is 13.5 Å². The van der Waals surface area contributed by atoms with Crippen molar-refractivity contribution in [3.63, 3.8) is 0 Å². The second-order valence-electron chi connectivity index (χ2n) is 4.92. The van der Waals surface area contributed by atoms with Crippen molar-refractivity contribution in [1.82, 2.24) is 14.9 Å². The number of aromatic nitrogens is 2. The summed E-state index contributed by atoms with van der Waals surface area (Å²) in [6.07, 6.45) is 1.52. The van der Waals surface area contributed by atoms with E-state index in [0.717, 1.165) is 5.56 Å². The number of benzene rings is 1. The summed E-state index contributed by atoms with van der Waals surface area (Å²) in [5.74, 6) is 0.956. The zero-order valence-electron chi connectivity index (χ0n) is 12.4. The summed E-state index contributed by atoms with van der Waals surface area (Å²) in [6.45, 7) is 3.29. The van der Waals surface area contributed by atoms with Gasteiger partial charge in [-0.05, 0) is 18.6 Å². The van der Waals surface area contributed by atoms with E-state index in [1.807, 2.05) is 25.1 Å². The summed E-state index contributed by atoms with van der Waals surface area (Å²) in [4.78, 5) is 22.6. The molecule has 114 valence electrons. The molecule has 0 spiro atoms. The van der Waals surface area contributed by atoms with E-state index in [1.165, 1.54) is 6.20 Å². The number of hydrogen-bond acceptors (Lipinski definition) is 5. The summed E-state index contributed by atoms with van der Waals surface area (Å²) in [5.41, 5.74) is 2.40. The number of nitrogens with one attached hydrogen (secondary N) is 2. The molecular weight excluding hydrogens is 302 g/mol. The van der Waals surface area contributed by atoms with E-state index in [9.17, 15) is 4.79 Å². The van der Waals surface area contributed by atoms with Crippen molar-refractivity contribution in [2.24, 2.45) is 0 Å². The number of fused-ring (bicyclic) bond motifs is 1. The molecule has 2 N–H and O–H groups in total. The Hall–Kier alpha value is -2.34. The maximum absolute atomic E-state index is 12.5. The number of carbonyl (C=O) groups is 1. The van der Waals surface area contributed by atoms with Crippen LogP contribution in [0.25, 0.3) is 0 Å². The van der Waals surface area contributed by atoms with Gasteiger partial charge in [-0.15, -0.1) is 0 Å².